The fraction of sp³-hybridized carbons (Fsp3) is 0.263. The third-order valence-electron chi connectivity index (χ3n) is 4.61. The van der Waals surface area contributed by atoms with Gasteiger partial charge >= 0.3 is 0 Å². The number of carbonyl (C=O) groups is 1. The van der Waals surface area contributed by atoms with E-state index in [-0.39, 0.29) is 11.9 Å². The van der Waals surface area contributed by atoms with E-state index in [0.29, 0.717) is 12.3 Å². The van der Waals surface area contributed by atoms with Crippen LogP contribution in [0.25, 0.3) is 11.0 Å². The minimum Gasteiger partial charge on any atom is -0.451 e. The normalized spacial score (nSPS) is 18.0. The predicted molar refractivity (Wildman–Crippen MR) is 91.8 cm³/mol. The van der Waals surface area contributed by atoms with Crippen molar-refractivity contribution in [3.63, 3.8) is 0 Å². The number of aryl methyl sites for hydroxylation is 1. The fourth-order valence-electron chi connectivity index (χ4n) is 3.33. The molecule has 0 saturated carbocycles. The van der Waals surface area contributed by atoms with Gasteiger partial charge in [-0.1, -0.05) is 24.3 Å². The molecule has 5 heteroatoms. The Morgan fingerprint density at radius 3 is 2.96 bits per heavy atom. The van der Waals surface area contributed by atoms with Gasteiger partial charge < -0.3 is 14.6 Å². The molecule has 3 aromatic rings. The Kier molecular flexibility index (Phi) is 3.78. The van der Waals surface area contributed by atoms with Crippen molar-refractivity contribution in [1.29, 1.82) is 0 Å². The Morgan fingerprint density at radius 2 is 2.17 bits per heavy atom. The highest BCUT2D eigenvalue weighted by molar-refractivity contribution is 5.99. The van der Waals surface area contributed by atoms with Gasteiger partial charge in [0, 0.05) is 43.0 Å². The first kappa shape index (κ1) is 14.9. The number of benzene rings is 1. The van der Waals surface area contributed by atoms with Crippen LogP contribution in [0.15, 0.2) is 53.2 Å². The number of pyridine rings is 1. The monoisotopic (exact) mass is 321 g/mol. The van der Waals surface area contributed by atoms with E-state index >= 15 is 0 Å². The summed E-state index contributed by atoms with van der Waals surface area (Å²) in [5, 5.41) is 4.35. The Balaban J connectivity index is 1.72. The lowest BCUT2D eigenvalue weighted by Crippen LogP contribution is -2.48. The summed E-state index contributed by atoms with van der Waals surface area (Å²) in [5.74, 6) is 0.381. The molecule has 1 aliphatic heterocycles. The second-order valence-corrected chi connectivity index (χ2v) is 6.06. The van der Waals surface area contributed by atoms with Gasteiger partial charge in [-0.3, -0.25) is 9.78 Å². The van der Waals surface area contributed by atoms with Crippen molar-refractivity contribution in [2.75, 3.05) is 19.6 Å². The van der Waals surface area contributed by atoms with Crippen molar-refractivity contribution >= 4 is 16.9 Å². The van der Waals surface area contributed by atoms with Gasteiger partial charge in [0.2, 0.25) is 0 Å². The molecule has 0 aliphatic carbocycles. The third kappa shape index (κ3) is 2.47. The van der Waals surface area contributed by atoms with Gasteiger partial charge in [-0.2, -0.15) is 0 Å². The Hall–Kier alpha value is -2.66. The quantitative estimate of drug-likeness (QED) is 0.788. The van der Waals surface area contributed by atoms with Crippen molar-refractivity contribution in [2.24, 2.45) is 0 Å². The summed E-state index contributed by atoms with van der Waals surface area (Å²) in [6.45, 7) is 4.09. The summed E-state index contributed by atoms with van der Waals surface area (Å²) < 4.78 is 5.87. The Morgan fingerprint density at radius 1 is 1.29 bits per heavy atom. The molecule has 2 aromatic heterocycles. The highest BCUT2D eigenvalue weighted by atomic mass is 16.3. The zero-order valence-corrected chi connectivity index (χ0v) is 13.5. The number of nitrogens with one attached hydrogen (secondary N) is 1. The minimum absolute atomic E-state index is 0.0347. The molecule has 0 bridgehead atoms. The molecule has 1 atom stereocenters. The first-order valence-corrected chi connectivity index (χ1v) is 8.15. The molecule has 122 valence electrons. The van der Waals surface area contributed by atoms with Gasteiger partial charge in [-0.05, 0) is 24.6 Å². The Bertz CT molecular complexity index is 873. The van der Waals surface area contributed by atoms with E-state index in [0.717, 1.165) is 35.2 Å². The average molecular weight is 321 g/mol. The number of hydrogen-bond donors (Lipinski definition) is 1. The first-order valence-electron chi connectivity index (χ1n) is 8.15. The number of amides is 1. The zero-order valence-electron chi connectivity index (χ0n) is 13.5. The predicted octanol–water partition coefficient (Wildman–Crippen LogP) is 2.92. The number of rotatable bonds is 2. The summed E-state index contributed by atoms with van der Waals surface area (Å²) >= 11 is 0. The summed E-state index contributed by atoms with van der Waals surface area (Å²) in [6, 6.07) is 11.6. The van der Waals surface area contributed by atoms with Crippen LogP contribution in [0.3, 0.4) is 0 Å². The second kappa shape index (κ2) is 6.09. The number of hydrogen-bond acceptors (Lipinski definition) is 4. The van der Waals surface area contributed by atoms with Gasteiger partial charge in [-0.15, -0.1) is 0 Å². The van der Waals surface area contributed by atoms with E-state index in [2.05, 4.69) is 10.3 Å². The third-order valence-corrected chi connectivity index (χ3v) is 4.61. The van der Waals surface area contributed by atoms with E-state index in [1.54, 1.807) is 6.20 Å². The number of nitrogens with zero attached hydrogens (tertiary/aromatic N) is 2. The summed E-state index contributed by atoms with van der Waals surface area (Å²) in [7, 11) is 0. The second-order valence-electron chi connectivity index (χ2n) is 6.06. The highest BCUT2D eigenvalue weighted by Gasteiger charge is 2.31. The fourth-order valence-corrected chi connectivity index (χ4v) is 3.33. The van der Waals surface area contributed by atoms with Crippen LogP contribution in [0.5, 0.6) is 0 Å². The van der Waals surface area contributed by atoms with Crippen LogP contribution in [0.4, 0.5) is 0 Å². The van der Waals surface area contributed by atoms with E-state index in [1.165, 1.54) is 0 Å². The molecule has 3 heterocycles. The van der Waals surface area contributed by atoms with Crippen LogP contribution in [0, 0.1) is 6.92 Å². The molecule has 1 N–H and O–H groups in total. The van der Waals surface area contributed by atoms with E-state index in [4.69, 9.17) is 4.42 Å². The van der Waals surface area contributed by atoms with Gasteiger partial charge in [0.1, 0.15) is 5.58 Å². The van der Waals surface area contributed by atoms with Crippen molar-refractivity contribution in [3.8, 4) is 0 Å². The molecule has 4 rings (SSSR count). The van der Waals surface area contributed by atoms with Crippen LogP contribution in [0.2, 0.25) is 0 Å². The highest BCUT2D eigenvalue weighted by Crippen LogP contribution is 2.29. The lowest BCUT2D eigenvalue weighted by Gasteiger charge is -2.36. The molecule has 1 aromatic carbocycles. The van der Waals surface area contributed by atoms with Crippen molar-refractivity contribution in [3.05, 3.63) is 65.7 Å². The smallest absolute Gasteiger partial charge is 0.290 e. The van der Waals surface area contributed by atoms with Crippen LogP contribution in [-0.4, -0.2) is 35.4 Å². The first-order chi connectivity index (χ1) is 11.8. The van der Waals surface area contributed by atoms with Crippen molar-refractivity contribution in [2.45, 2.75) is 13.0 Å². The number of para-hydroxylation sites is 1. The molecule has 0 radical (unpaired) electrons. The molecule has 1 saturated heterocycles. The maximum absolute atomic E-state index is 13.2. The maximum Gasteiger partial charge on any atom is 0.290 e. The zero-order chi connectivity index (χ0) is 16.5. The standard InChI is InChI=1S/C19H19N3O2/c1-13-15-6-2-3-7-17(15)24-18(13)19(23)22-10-9-21-12-16(22)14-5-4-8-20-11-14/h2-8,11,16,21H,9-10,12H2,1H3. The molecule has 1 amide bonds. The van der Waals surface area contributed by atoms with Crippen LogP contribution >= 0.6 is 0 Å². The van der Waals surface area contributed by atoms with Gasteiger partial charge in [-0.25, -0.2) is 0 Å². The lowest BCUT2D eigenvalue weighted by molar-refractivity contribution is 0.0602. The minimum atomic E-state index is -0.0564. The molecular formula is C19H19N3O2. The van der Waals surface area contributed by atoms with E-state index in [9.17, 15) is 4.79 Å². The van der Waals surface area contributed by atoms with Gasteiger partial charge in [0.05, 0.1) is 6.04 Å². The van der Waals surface area contributed by atoms with Crippen molar-refractivity contribution < 1.29 is 9.21 Å². The Labute approximate surface area is 140 Å². The number of aromatic nitrogens is 1. The van der Waals surface area contributed by atoms with Gasteiger partial charge in [0.25, 0.3) is 5.91 Å². The molecule has 1 aliphatic rings. The van der Waals surface area contributed by atoms with Crippen LogP contribution < -0.4 is 5.32 Å². The molecule has 5 nitrogen and oxygen atoms in total. The van der Waals surface area contributed by atoms with E-state index < -0.39 is 0 Å². The number of piperazine rings is 1. The van der Waals surface area contributed by atoms with Gasteiger partial charge in [0.15, 0.2) is 5.76 Å². The molecule has 24 heavy (non-hydrogen) atoms. The van der Waals surface area contributed by atoms with Crippen LogP contribution in [0.1, 0.15) is 27.7 Å². The largest absolute Gasteiger partial charge is 0.451 e. The maximum atomic E-state index is 13.2. The SMILES string of the molecule is Cc1c(C(=O)N2CCNCC2c2cccnc2)oc2ccccc12. The summed E-state index contributed by atoms with van der Waals surface area (Å²) in [5.41, 5.74) is 2.69. The summed E-state index contributed by atoms with van der Waals surface area (Å²) in [4.78, 5) is 19.2. The topological polar surface area (TPSA) is 58.4 Å². The average Bonchev–Trinajstić information content (AvgIpc) is 2.99. The lowest BCUT2D eigenvalue weighted by atomic mass is 10.0. The summed E-state index contributed by atoms with van der Waals surface area (Å²) in [6.07, 6.45) is 3.57. The number of furan rings is 1. The molecule has 1 fully saturated rings. The molecular weight excluding hydrogens is 302 g/mol. The molecule has 1 unspecified atom stereocenters. The number of carbonyl (C=O) groups excluding carboxylic acids is 1. The van der Waals surface area contributed by atoms with Crippen molar-refractivity contribution in [1.82, 2.24) is 15.2 Å². The molecule has 0 spiro atoms. The van der Waals surface area contributed by atoms with E-state index in [1.807, 2.05) is 54.4 Å². The number of fused-ring (bicyclic) bond motifs is 1. The van der Waals surface area contributed by atoms with Crippen LogP contribution in [-0.2, 0) is 0 Å².